The van der Waals surface area contributed by atoms with Crippen LogP contribution >= 0.6 is 0 Å². The van der Waals surface area contributed by atoms with Gasteiger partial charge < -0.3 is 15.3 Å². The molecule has 5 heteroatoms. The van der Waals surface area contributed by atoms with E-state index in [4.69, 9.17) is 5.11 Å². The Balaban J connectivity index is 2.66. The number of likely N-dealkylation sites (N-methyl/N-ethyl adjacent to an activating group) is 1. The van der Waals surface area contributed by atoms with Crippen LogP contribution in [0.5, 0.6) is 0 Å². The lowest BCUT2D eigenvalue weighted by atomic mass is 10.2. The maximum atomic E-state index is 10.7. The molecule has 0 spiro atoms. The molecule has 0 aliphatic carbocycles. The van der Waals surface area contributed by atoms with Crippen LogP contribution in [0.25, 0.3) is 0 Å². The minimum Gasteiger partial charge on any atom is -0.477 e. The zero-order valence-corrected chi connectivity index (χ0v) is 9.77. The maximum Gasteiger partial charge on any atom is 0.354 e. The monoisotopic (exact) mass is 223 g/mol. The number of anilines is 1. The van der Waals surface area contributed by atoms with Gasteiger partial charge >= 0.3 is 5.97 Å². The van der Waals surface area contributed by atoms with Crippen molar-refractivity contribution in [3.63, 3.8) is 0 Å². The first kappa shape index (κ1) is 12.4. The van der Waals surface area contributed by atoms with E-state index in [-0.39, 0.29) is 11.7 Å². The van der Waals surface area contributed by atoms with Gasteiger partial charge in [-0.2, -0.15) is 0 Å². The number of aromatic nitrogens is 1. The maximum absolute atomic E-state index is 10.7. The molecule has 0 bridgehead atoms. The van der Waals surface area contributed by atoms with Crippen molar-refractivity contribution in [3.8, 4) is 0 Å². The third-order valence-electron chi connectivity index (χ3n) is 2.03. The highest BCUT2D eigenvalue weighted by atomic mass is 16.4. The van der Waals surface area contributed by atoms with Gasteiger partial charge in [0.25, 0.3) is 0 Å². The summed E-state index contributed by atoms with van der Waals surface area (Å²) in [6.07, 6.45) is 1.49. The van der Waals surface area contributed by atoms with Gasteiger partial charge in [0, 0.05) is 24.5 Å². The van der Waals surface area contributed by atoms with Crippen LogP contribution in [0.4, 0.5) is 5.69 Å². The number of nitrogens with one attached hydrogen (secondary N) is 1. The van der Waals surface area contributed by atoms with Crippen molar-refractivity contribution in [2.75, 3.05) is 26.0 Å². The molecule has 1 heterocycles. The van der Waals surface area contributed by atoms with Crippen LogP contribution in [0, 0.1) is 0 Å². The molecular weight excluding hydrogens is 206 g/mol. The predicted molar refractivity (Wildman–Crippen MR) is 62.8 cm³/mol. The molecule has 0 amide bonds. The molecule has 0 aliphatic heterocycles. The first-order chi connectivity index (χ1) is 7.49. The van der Waals surface area contributed by atoms with Crippen LogP contribution in [0.1, 0.15) is 17.4 Å². The van der Waals surface area contributed by atoms with E-state index in [1.165, 1.54) is 12.3 Å². The fraction of sp³-hybridized carbons (Fsp3) is 0.455. The quantitative estimate of drug-likeness (QED) is 0.783. The first-order valence-corrected chi connectivity index (χ1v) is 5.09. The Bertz CT molecular complexity index is 366. The van der Waals surface area contributed by atoms with Gasteiger partial charge in [0.15, 0.2) is 0 Å². The molecule has 0 saturated heterocycles. The van der Waals surface area contributed by atoms with E-state index in [0.29, 0.717) is 0 Å². The standard InChI is InChI=1S/C11H17N3O2/c1-8(7-14(2)3)13-9-4-5-12-10(6-9)11(15)16/h4-6,8H,7H2,1-3H3,(H,12,13)(H,15,16). The lowest BCUT2D eigenvalue weighted by molar-refractivity contribution is 0.0690. The molecule has 0 radical (unpaired) electrons. The average Bonchev–Trinajstić information content (AvgIpc) is 2.16. The second-order valence-electron chi connectivity index (χ2n) is 4.04. The topological polar surface area (TPSA) is 65.5 Å². The lowest BCUT2D eigenvalue weighted by Gasteiger charge is -2.19. The number of carboxylic acids is 1. The third kappa shape index (κ3) is 3.86. The van der Waals surface area contributed by atoms with Crippen molar-refractivity contribution >= 4 is 11.7 Å². The van der Waals surface area contributed by atoms with Gasteiger partial charge in [-0.05, 0) is 33.2 Å². The van der Waals surface area contributed by atoms with E-state index in [1.807, 2.05) is 21.0 Å². The largest absolute Gasteiger partial charge is 0.477 e. The van der Waals surface area contributed by atoms with E-state index in [9.17, 15) is 4.79 Å². The number of carbonyl (C=O) groups is 1. The Labute approximate surface area is 95.1 Å². The molecule has 88 valence electrons. The van der Waals surface area contributed by atoms with Crippen molar-refractivity contribution in [2.45, 2.75) is 13.0 Å². The zero-order chi connectivity index (χ0) is 12.1. The molecule has 5 nitrogen and oxygen atoms in total. The smallest absolute Gasteiger partial charge is 0.354 e. The summed E-state index contributed by atoms with van der Waals surface area (Å²) in [5, 5.41) is 12.0. The van der Waals surface area contributed by atoms with Gasteiger partial charge in [-0.25, -0.2) is 9.78 Å². The molecule has 1 aromatic rings. The highest BCUT2D eigenvalue weighted by Gasteiger charge is 2.07. The third-order valence-corrected chi connectivity index (χ3v) is 2.03. The van der Waals surface area contributed by atoms with Crippen molar-refractivity contribution < 1.29 is 9.90 Å². The van der Waals surface area contributed by atoms with Crippen LogP contribution in [-0.2, 0) is 0 Å². The van der Waals surface area contributed by atoms with Gasteiger partial charge in [0.2, 0.25) is 0 Å². The Morgan fingerprint density at radius 2 is 2.31 bits per heavy atom. The SMILES string of the molecule is CC(CN(C)C)Nc1ccnc(C(=O)O)c1. The van der Waals surface area contributed by atoms with Crippen LogP contribution in [0.15, 0.2) is 18.3 Å². The molecule has 2 N–H and O–H groups in total. The highest BCUT2D eigenvalue weighted by molar-refractivity contribution is 5.86. The minimum atomic E-state index is -1.01. The lowest BCUT2D eigenvalue weighted by Crippen LogP contribution is -2.29. The number of pyridine rings is 1. The van der Waals surface area contributed by atoms with E-state index in [1.54, 1.807) is 6.07 Å². The number of nitrogens with zero attached hydrogens (tertiary/aromatic N) is 2. The number of hydrogen-bond donors (Lipinski definition) is 2. The number of hydrogen-bond acceptors (Lipinski definition) is 4. The molecule has 0 aromatic carbocycles. The predicted octanol–water partition coefficient (Wildman–Crippen LogP) is 1.14. The highest BCUT2D eigenvalue weighted by Crippen LogP contribution is 2.09. The summed E-state index contributed by atoms with van der Waals surface area (Å²) in [5.74, 6) is -1.01. The molecule has 1 rings (SSSR count). The number of rotatable bonds is 5. The van der Waals surface area contributed by atoms with Crippen molar-refractivity contribution in [1.29, 1.82) is 0 Å². The summed E-state index contributed by atoms with van der Waals surface area (Å²) in [4.78, 5) is 16.5. The second kappa shape index (κ2) is 5.46. The normalized spacial score (nSPS) is 12.5. The fourth-order valence-corrected chi connectivity index (χ4v) is 1.52. The van der Waals surface area contributed by atoms with Crippen molar-refractivity contribution in [1.82, 2.24) is 9.88 Å². The Morgan fingerprint density at radius 1 is 1.62 bits per heavy atom. The Hall–Kier alpha value is -1.62. The molecule has 1 atom stereocenters. The average molecular weight is 223 g/mol. The summed E-state index contributed by atoms with van der Waals surface area (Å²) in [7, 11) is 3.99. The van der Waals surface area contributed by atoms with Gasteiger partial charge in [-0.3, -0.25) is 0 Å². The van der Waals surface area contributed by atoms with Crippen LogP contribution < -0.4 is 5.32 Å². The molecular formula is C11H17N3O2. The van der Waals surface area contributed by atoms with E-state index >= 15 is 0 Å². The summed E-state index contributed by atoms with van der Waals surface area (Å²) in [6, 6.07) is 3.55. The number of carboxylic acid groups (broad SMARTS) is 1. The summed E-state index contributed by atoms with van der Waals surface area (Å²) in [5.41, 5.74) is 0.837. The van der Waals surface area contributed by atoms with Crippen LogP contribution in [-0.4, -0.2) is 47.6 Å². The first-order valence-electron chi connectivity index (χ1n) is 5.09. The van der Waals surface area contributed by atoms with Gasteiger partial charge in [0.05, 0.1) is 0 Å². The van der Waals surface area contributed by atoms with Gasteiger partial charge in [-0.15, -0.1) is 0 Å². The minimum absolute atomic E-state index is 0.0575. The molecule has 0 saturated carbocycles. The van der Waals surface area contributed by atoms with Crippen molar-refractivity contribution in [2.24, 2.45) is 0 Å². The van der Waals surface area contributed by atoms with Crippen molar-refractivity contribution in [3.05, 3.63) is 24.0 Å². The summed E-state index contributed by atoms with van der Waals surface area (Å²) < 4.78 is 0. The summed E-state index contributed by atoms with van der Waals surface area (Å²) in [6.45, 7) is 2.92. The van der Waals surface area contributed by atoms with Gasteiger partial charge in [-0.1, -0.05) is 0 Å². The fourth-order valence-electron chi connectivity index (χ4n) is 1.52. The van der Waals surface area contributed by atoms with E-state index < -0.39 is 5.97 Å². The Morgan fingerprint density at radius 3 is 2.88 bits per heavy atom. The van der Waals surface area contributed by atoms with Gasteiger partial charge in [0.1, 0.15) is 5.69 Å². The molecule has 1 aromatic heterocycles. The molecule has 16 heavy (non-hydrogen) atoms. The van der Waals surface area contributed by atoms with Crippen LogP contribution in [0.2, 0.25) is 0 Å². The Kier molecular flexibility index (Phi) is 4.25. The summed E-state index contributed by atoms with van der Waals surface area (Å²) >= 11 is 0. The van der Waals surface area contributed by atoms with Crippen LogP contribution in [0.3, 0.4) is 0 Å². The molecule has 0 aliphatic rings. The molecule has 1 unspecified atom stereocenters. The van der Waals surface area contributed by atoms with E-state index in [0.717, 1.165) is 12.2 Å². The zero-order valence-electron chi connectivity index (χ0n) is 9.77. The van der Waals surface area contributed by atoms with E-state index in [2.05, 4.69) is 15.2 Å². The number of aromatic carboxylic acids is 1. The molecule has 0 fully saturated rings. The second-order valence-corrected chi connectivity index (χ2v) is 4.04.